The fraction of sp³-hybridized carbons (Fsp3) is 0.750. The lowest BCUT2D eigenvalue weighted by Crippen LogP contribution is -2.27. The fourth-order valence-electron chi connectivity index (χ4n) is 1.83. The quantitative estimate of drug-likeness (QED) is 0.519. The SMILES string of the molecule is CC1(F)C2=CCCN2CC1F. The number of alkyl halides is 2. The van der Waals surface area contributed by atoms with Crippen molar-refractivity contribution >= 4 is 0 Å². The van der Waals surface area contributed by atoms with Gasteiger partial charge in [-0.15, -0.1) is 0 Å². The first-order valence-electron chi connectivity index (χ1n) is 3.91. The molecule has 0 N–H and O–H groups in total. The van der Waals surface area contributed by atoms with Gasteiger partial charge in [0.2, 0.25) is 0 Å². The van der Waals surface area contributed by atoms with Gasteiger partial charge < -0.3 is 4.90 Å². The first-order chi connectivity index (χ1) is 5.12. The van der Waals surface area contributed by atoms with E-state index in [4.69, 9.17) is 0 Å². The van der Waals surface area contributed by atoms with Crippen molar-refractivity contribution < 1.29 is 8.78 Å². The van der Waals surface area contributed by atoms with E-state index in [1.807, 2.05) is 0 Å². The van der Waals surface area contributed by atoms with Crippen molar-refractivity contribution in [3.8, 4) is 0 Å². The second-order valence-corrected chi connectivity index (χ2v) is 3.37. The van der Waals surface area contributed by atoms with Gasteiger partial charge >= 0.3 is 0 Å². The van der Waals surface area contributed by atoms with Crippen molar-refractivity contribution in [3.63, 3.8) is 0 Å². The van der Waals surface area contributed by atoms with Gasteiger partial charge in [-0.05, 0) is 13.3 Å². The molecule has 0 saturated carbocycles. The highest BCUT2D eigenvalue weighted by molar-refractivity contribution is 5.26. The molecule has 3 heteroatoms. The Hall–Kier alpha value is -0.600. The third-order valence-electron chi connectivity index (χ3n) is 2.55. The minimum atomic E-state index is -1.73. The van der Waals surface area contributed by atoms with Gasteiger partial charge in [0, 0.05) is 6.54 Å². The Balaban J connectivity index is 2.33. The molecule has 0 spiro atoms. The molecule has 1 nitrogen and oxygen atoms in total. The number of halogens is 2. The molecule has 2 aliphatic rings. The number of allylic oxidation sites excluding steroid dienone is 1. The summed E-state index contributed by atoms with van der Waals surface area (Å²) in [6, 6.07) is 0. The summed E-state index contributed by atoms with van der Waals surface area (Å²) in [6.45, 7) is 2.35. The molecule has 0 amide bonds. The van der Waals surface area contributed by atoms with Crippen molar-refractivity contribution in [1.29, 1.82) is 0 Å². The van der Waals surface area contributed by atoms with E-state index in [9.17, 15) is 8.78 Å². The molecular weight excluding hydrogens is 148 g/mol. The summed E-state index contributed by atoms with van der Waals surface area (Å²) in [5.41, 5.74) is -1.17. The molecule has 1 saturated heterocycles. The predicted octanol–water partition coefficient (Wildman–Crippen LogP) is 1.66. The molecule has 0 aromatic heterocycles. The lowest BCUT2D eigenvalue weighted by molar-refractivity contribution is 0.133. The Bertz CT molecular complexity index is 210. The molecule has 0 aromatic carbocycles. The zero-order valence-corrected chi connectivity index (χ0v) is 6.48. The van der Waals surface area contributed by atoms with Crippen LogP contribution in [0, 0.1) is 0 Å². The normalized spacial score (nSPS) is 42.6. The molecule has 0 aliphatic carbocycles. The molecule has 2 aliphatic heterocycles. The molecule has 0 aromatic rings. The van der Waals surface area contributed by atoms with Crippen LogP contribution in [0.1, 0.15) is 13.3 Å². The van der Waals surface area contributed by atoms with E-state index in [-0.39, 0.29) is 6.54 Å². The molecule has 0 bridgehead atoms. The van der Waals surface area contributed by atoms with E-state index in [0.29, 0.717) is 5.70 Å². The summed E-state index contributed by atoms with van der Waals surface area (Å²) in [5, 5.41) is 0. The maximum atomic E-state index is 13.5. The molecule has 2 rings (SSSR count). The maximum Gasteiger partial charge on any atom is 0.179 e. The van der Waals surface area contributed by atoms with Gasteiger partial charge in [-0.2, -0.15) is 0 Å². The minimum Gasteiger partial charge on any atom is -0.369 e. The predicted molar refractivity (Wildman–Crippen MR) is 38.7 cm³/mol. The topological polar surface area (TPSA) is 3.24 Å². The van der Waals surface area contributed by atoms with Gasteiger partial charge in [-0.3, -0.25) is 0 Å². The van der Waals surface area contributed by atoms with Crippen LogP contribution in [-0.2, 0) is 0 Å². The number of hydrogen-bond acceptors (Lipinski definition) is 1. The Labute approximate surface area is 64.7 Å². The third kappa shape index (κ3) is 0.798. The van der Waals surface area contributed by atoms with Gasteiger partial charge in [0.15, 0.2) is 11.8 Å². The van der Waals surface area contributed by atoms with Gasteiger partial charge in [-0.1, -0.05) is 6.08 Å². The average Bonchev–Trinajstić information content (AvgIpc) is 2.41. The third-order valence-corrected chi connectivity index (χ3v) is 2.55. The van der Waals surface area contributed by atoms with Crippen LogP contribution in [0.25, 0.3) is 0 Å². The highest BCUT2D eigenvalue weighted by Gasteiger charge is 2.49. The highest BCUT2D eigenvalue weighted by Crippen LogP contribution is 2.40. The summed E-state index contributed by atoms with van der Waals surface area (Å²) >= 11 is 0. The van der Waals surface area contributed by atoms with E-state index < -0.39 is 11.8 Å². The zero-order valence-electron chi connectivity index (χ0n) is 6.48. The van der Waals surface area contributed by atoms with Crippen LogP contribution in [-0.4, -0.2) is 29.8 Å². The summed E-state index contributed by atoms with van der Waals surface area (Å²) in [7, 11) is 0. The van der Waals surface area contributed by atoms with Crippen LogP contribution in [0.5, 0.6) is 0 Å². The smallest absolute Gasteiger partial charge is 0.179 e. The van der Waals surface area contributed by atoms with Crippen molar-refractivity contribution in [2.75, 3.05) is 13.1 Å². The molecule has 2 heterocycles. The van der Waals surface area contributed by atoms with Gasteiger partial charge in [0.1, 0.15) is 0 Å². The zero-order chi connectivity index (χ0) is 8.06. The molecule has 11 heavy (non-hydrogen) atoms. The number of hydrogen-bond donors (Lipinski definition) is 0. The van der Waals surface area contributed by atoms with Crippen LogP contribution in [0.2, 0.25) is 0 Å². The van der Waals surface area contributed by atoms with Crippen molar-refractivity contribution in [2.24, 2.45) is 0 Å². The van der Waals surface area contributed by atoms with Gasteiger partial charge in [-0.25, -0.2) is 8.78 Å². The molecule has 2 unspecified atom stereocenters. The Morgan fingerprint density at radius 3 is 3.09 bits per heavy atom. The largest absolute Gasteiger partial charge is 0.369 e. The van der Waals surface area contributed by atoms with E-state index in [1.54, 1.807) is 11.0 Å². The molecule has 0 radical (unpaired) electrons. The van der Waals surface area contributed by atoms with Crippen LogP contribution in [0.15, 0.2) is 11.8 Å². The summed E-state index contributed by atoms with van der Waals surface area (Å²) in [4.78, 5) is 1.80. The van der Waals surface area contributed by atoms with Crippen LogP contribution < -0.4 is 0 Å². The van der Waals surface area contributed by atoms with Crippen LogP contribution in [0.3, 0.4) is 0 Å². The lowest BCUT2D eigenvalue weighted by atomic mass is 10.0. The Morgan fingerprint density at radius 2 is 2.45 bits per heavy atom. The molecule has 2 atom stereocenters. The van der Waals surface area contributed by atoms with Crippen molar-refractivity contribution in [2.45, 2.75) is 25.2 Å². The molecule has 62 valence electrons. The molecular formula is C8H11F2N. The Kier molecular flexibility index (Phi) is 1.26. The lowest BCUT2D eigenvalue weighted by Gasteiger charge is -2.17. The summed E-state index contributed by atoms with van der Waals surface area (Å²) in [6.07, 6.45) is 1.33. The molecule has 1 fully saturated rings. The highest BCUT2D eigenvalue weighted by atomic mass is 19.2. The first kappa shape index (κ1) is 7.07. The van der Waals surface area contributed by atoms with Crippen molar-refractivity contribution in [3.05, 3.63) is 11.8 Å². The Morgan fingerprint density at radius 1 is 1.73 bits per heavy atom. The fourth-order valence-corrected chi connectivity index (χ4v) is 1.83. The number of nitrogens with zero attached hydrogens (tertiary/aromatic N) is 1. The number of rotatable bonds is 0. The standard InChI is InChI=1S/C8H11F2N/c1-8(10)6(9)5-11-4-2-3-7(8)11/h3,6H,2,4-5H2,1H3. The summed E-state index contributed by atoms with van der Waals surface area (Å²) < 4.78 is 26.4. The van der Waals surface area contributed by atoms with E-state index in [0.717, 1.165) is 13.0 Å². The average molecular weight is 159 g/mol. The number of fused-ring (bicyclic) bond motifs is 1. The van der Waals surface area contributed by atoms with E-state index in [2.05, 4.69) is 0 Å². The van der Waals surface area contributed by atoms with Crippen LogP contribution >= 0.6 is 0 Å². The van der Waals surface area contributed by atoms with Crippen molar-refractivity contribution in [1.82, 2.24) is 4.90 Å². The van der Waals surface area contributed by atoms with E-state index in [1.165, 1.54) is 6.92 Å². The van der Waals surface area contributed by atoms with Gasteiger partial charge in [0.05, 0.1) is 12.2 Å². The maximum absolute atomic E-state index is 13.5. The summed E-state index contributed by atoms with van der Waals surface area (Å²) in [5.74, 6) is 0. The monoisotopic (exact) mass is 159 g/mol. The first-order valence-corrected chi connectivity index (χ1v) is 3.91. The second-order valence-electron chi connectivity index (χ2n) is 3.37. The van der Waals surface area contributed by atoms with E-state index >= 15 is 0 Å². The van der Waals surface area contributed by atoms with Crippen LogP contribution in [0.4, 0.5) is 8.78 Å². The minimum absolute atomic E-state index is 0.235. The van der Waals surface area contributed by atoms with Gasteiger partial charge in [0.25, 0.3) is 0 Å². The second kappa shape index (κ2) is 1.96.